The molecule has 1 aromatic heterocycles. The van der Waals surface area contributed by atoms with Crippen LogP contribution < -0.4 is 5.32 Å². The third-order valence-electron chi connectivity index (χ3n) is 3.40. The standard InChI is InChI=1S/C15H17NO4/c1-8-11-6-4-5-7-12(11)20-13(8)10(3)16-14(17)9(2)15(18)19/h4-7,9-10H,1-3H3,(H,16,17)(H,18,19)/t9?,10-/m0/s1. The van der Waals surface area contributed by atoms with Gasteiger partial charge in [0.1, 0.15) is 17.3 Å². The van der Waals surface area contributed by atoms with Crippen LogP contribution in [0.5, 0.6) is 0 Å². The molecule has 1 heterocycles. The normalized spacial score (nSPS) is 13.9. The van der Waals surface area contributed by atoms with Gasteiger partial charge in [0.05, 0.1) is 6.04 Å². The molecule has 0 aliphatic rings. The summed E-state index contributed by atoms with van der Waals surface area (Å²) in [4.78, 5) is 22.5. The maximum atomic E-state index is 11.8. The lowest BCUT2D eigenvalue weighted by molar-refractivity contribution is -0.146. The smallest absolute Gasteiger partial charge is 0.315 e. The van der Waals surface area contributed by atoms with Crippen molar-refractivity contribution in [2.24, 2.45) is 5.92 Å². The molecule has 0 spiro atoms. The highest BCUT2D eigenvalue weighted by Gasteiger charge is 2.24. The molecule has 1 amide bonds. The molecule has 1 unspecified atom stereocenters. The molecule has 1 aromatic carbocycles. The van der Waals surface area contributed by atoms with Crippen LogP contribution in [0, 0.1) is 12.8 Å². The minimum atomic E-state index is -1.14. The van der Waals surface area contributed by atoms with Gasteiger partial charge in [-0.2, -0.15) is 0 Å². The van der Waals surface area contributed by atoms with Crippen LogP contribution in [0.4, 0.5) is 0 Å². The Hall–Kier alpha value is -2.30. The molecule has 20 heavy (non-hydrogen) atoms. The topological polar surface area (TPSA) is 79.5 Å². The van der Waals surface area contributed by atoms with Gasteiger partial charge in [-0.15, -0.1) is 0 Å². The zero-order valence-electron chi connectivity index (χ0n) is 11.6. The third kappa shape index (κ3) is 2.52. The molecule has 0 radical (unpaired) electrons. The lowest BCUT2D eigenvalue weighted by Gasteiger charge is -2.14. The summed E-state index contributed by atoms with van der Waals surface area (Å²) in [5.74, 6) is -2.10. The van der Waals surface area contributed by atoms with Crippen LogP contribution in [0.3, 0.4) is 0 Å². The molecule has 0 aliphatic heterocycles. The maximum absolute atomic E-state index is 11.8. The van der Waals surface area contributed by atoms with Gasteiger partial charge in [-0.25, -0.2) is 0 Å². The second kappa shape index (κ2) is 5.36. The predicted octanol–water partition coefficient (Wildman–Crippen LogP) is 2.64. The summed E-state index contributed by atoms with van der Waals surface area (Å²) >= 11 is 0. The largest absolute Gasteiger partial charge is 0.481 e. The number of para-hydroxylation sites is 1. The number of aryl methyl sites for hydroxylation is 1. The van der Waals surface area contributed by atoms with E-state index >= 15 is 0 Å². The van der Waals surface area contributed by atoms with Crippen LogP contribution in [0.2, 0.25) is 0 Å². The molecule has 2 N–H and O–H groups in total. The van der Waals surface area contributed by atoms with E-state index in [1.807, 2.05) is 31.2 Å². The average Bonchev–Trinajstić information content (AvgIpc) is 2.75. The second-order valence-electron chi connectivity index (χ2n) is 4.88. The molecule has 2 atom stereocenters. The number of hydrogen-bond acceptors (Lipinski definition) is 3. The number of carboxylic acid groups (broad SMARTS) is 1. The fourth-order valence-electron chi connectivity index (χ4n) is 2.12. The van der Waals surface area contributed by atoms with Crippen molar-refractivity contribution < 1.29 is 19.1 Å². The monoisotopic (exact) mass is 275 g/mol. The summed E-state index contributed by atoms with van der Waals surface area (Å²) in [6.45, 7) is 5.05. The van der Waals surface area contributed by atoms with Crippen molar-refractivity contribution in [3.63, 3.8) is 0 Å². The van der Waals surface area contributed by atoms with Gasteiger partial charge in [-0.05, 0) is 26.8 Å². The number of nitrogens with one attached hydrogen (secondary N) is 1. The molecule has 0 fully saturated rings. The van der Waals surface area contributed by atoms with E-state index in [-0.39, 0.29) is 6.04 Å². The molecule has 0 saturated heterocycles. The van der Waals surface area contributed by atoms with Crippen molar-refractivity contribution in [2.45, 2.75) is 26.8 Å². The minimum absolute atomic E-state index is 0.378. The van der Waals surface area contributed by atoms with Gasteiger partial charge >= 0.3 is 5.97 Å². The van der Waals surface area contributed by atoms with Gasteiger partial charge in [-0.3, -0.25) is 9.59 Å². The molecule has 0 saturated carbocycles. The van der Waals surface area contributed by atoms with Crippen LogP contribution in [-0.4, -0.2) is 17.0 Å². The Morgan fingerprint density at radius 3 is 2.50 bits per heavy atom. The number of carbonyl (C=O) groups excluding carboxylic acids is 1. The number of carbonyl (C=O) groups is 2. The molecular weight excluding hydrogens is 258 g/mol. The molecular formula is C15H17NO4. The molecule has 0 aliphatic carbocycles. The van der Waals surface area contributed by atoms with Gasteiger partial charge in [0, 0.05) is 10.9 Å². The first kappa shape index (κ1) is 14.1. The first-order chi connectivity index (χ1) is 9.41. The SMILES string of the molecule is Cc1c([C@H](C)NC(=O)C(C)C(=O)O)oc2ccccc12. The Labute approximate surface area is 116 Å². The summed E-state index contributed by atoms with van der Waals surface area (Å²) < 4.78 is 5.74. The molecule has 106 valence electrons. The van der Waals surface area contributed by atoms with E-state index in [0.29, 0.717) is 5.76 Å². The van der Waals surface area contributed by atoms with E-state index in [1.54, 1.807) is 6.92 Å². The minimum Gasteiger partial charge on any atom is -0.481 e. The van der Waals surface area contributed by atoms with E-state index < -0.39 is 17.8 Å². The van der Waals surface area contributed by atoms with Gasteiger partial charge in [0.25, 0.3) is 0 Å². The van der Waals surface area contributed by atoms with Gasteiger partial charge in [0.2, 0.25) is 5.91 Å². The Kier molecular flexibility index (Phi) is 3.79. The van der Waals surface area contributed by atoms with Gasteiger partial charge < -0.3 is 14.8 Å². The molecule has 5 heteroatoms. The van der Waals surface area contributed by atoms with E-state index in [0.717, 1.165) is 16.5 Å². The van der Waals surface area contributed by atoms with Crippen molar-refractivity contribution in [3.8, 4) is 0 Å². The maximum Gasteiger partial charge on any atom is 0.315 e. The molecule has 5 nitrogen and oxygen atoms in total. The van der Waals surface area contributed by atoms with E-state index in [2.05, 4.69) is 5.32 Å². The van der Waals surface area contributed by atoms with Gasteiger partial charge in [0.15, 0.2) is 0 Å². The highest BCUT2D eigenvalue weighted by atomic mass is 16.4. The first-order valence-electron chi connectivity index (χ1n) is 6.43. The summed E-state index contributed by atoms with van der Waals surface area (Å²) in [5.41, 5.74) is 1.71. The fraction of sp³-hybridized carbons (Fsp3) is 0.333. The summed E-state index contributed by atoms with van der Waals surface area (Å²) in [7, 11) is 0. The summed E-state index contributed by atoms with van der Waals surface area (Å²) in [5, 5.41) is 12.5. The van der Waals surface area contributed by atoms with Crippen molar-refractivity contribution in [3.05, 3.63) is 35.6 Å². The average molecular weight is 275 g/mol. The molecule has 0 bridgehead atoms. The quantitative estimate of drug-likeness (QED) is 0.841. The number of benzene rings is 1. The number of aliphatic carboxylic acids is 1. The number of rotatable bonds is 4. The Morgan fingerprint density at radius 2 is 1.90 bits per heavy atom. The number of fused-ring (bicyclic) bond motifs is 1. The number of amides is 1. The first-order valence-corrected chi connectivity index (χ1v) is 6.43. The van der Waals surface area contributed by atoms with Gasteiger partial charge in [-0.1, -0.05) is 18.2 Å². The van der Waals surface area contributed by atoms with Crippen LogP contribution in [0.15, 0.2) is 28.7 Å². The Morgan fingerprint density at radius 1 is 1.25 bits per heavy atom. The van der Waals surface area contributed by atoms with Crippen molar-refractivity contribution in [1.82, 2.24) is 5.32 Å². The van der Waals surface area contributed by atoms with Crippen LogP contribution >= 0.6 is 0 Å². The van der Waals surface area contributed by atoms with E-state index in [4.69, 9.17) is 9.52 Å². The molecule has 2 rings (SSSR count). The number of carboxylic acids is 1. The second-order valence-corrected chi connectivity index (χ2v) is 4.88. The third-order valence-corrected chi connectivity index (χ3v) is 3.40. The Balaban J connectivity index is 2.23. The summed E-state index contributed by atoms with van der Waals surface area (Å²) in [6.07, 6.45) is 0. The van der Waals surface area contributed by atoms with E-state index in [9.17, 15) is 9.59 Å². The van der Waals surface area contributed by atoms with Crippen molar-refractivity contribution in [1.29, 1.82) is 0 Å². The summed E-state index contributed by atoms with van der Waals surface area (Å²) in [6, 6.07) is 7.23. The van der Waals surface area contributed by atoms with Crippen LogP contribution in [0.25, 0.3) is 11.0 Å². The van der Waals surface area contributed by atoms with Crippen molar-refractivity contribution >= 4 is 22.8 Å². The number of furan rings is 1. The zero-order valence-corrected chi connectivity index (χ0v) is 11.6. The zero-order chi connectivity index (χ0) is 14.9. The highest BCUT2D eigenvalue weighted by molar-refractivity contribution is 5.96. The van der Waals surface area contributed by atoms with Crippen LogP contribution in [0.1, 0.15) is 31.2 Å². The Bertz CT molecular complexity index is 659. The lowest BCUT2D eigenvalue weighted by Crippen LogP contribution is -2.35. The van der Waals surface area contributed by atoms with Crippen LogP contribution in [-0.2, 0) is 9.59 Å². The fourth-order valence-corrected chi connectivity index (χ4v) is 2.12. The predicted molar refractivity (Wildman–Crippen MR) is 74.3 cm³/mol. The van der Waals surface area contributed by atoms with E-state index in [1.165, 1.54) is 6.92 Å². The highest BCUT2D eigenvalue weighted by Crippen LogP contribution is 2.29. The number of hydrogen-bond donors (Lipinski definition) is 2. The lowest BCUT2D eigenvalue weighted by atomic mass is 10.1. The van der Waals surface area contributed by atoms with Crippen molar-refractivity contribution in [2.75, 3.05) is 0 Å². The molecule has 2 aromatic rings.